The molecule has 0 radical (unpaired) electrons. The van der Waals surface area contributed by atoms with Crippen molar-refractivity contribution in [3.8, 4) is 0 Å². The summed E-state index contributed by atoms with van der Waals surface area (Å²) in [5, 5.41) is -0.188. The van der Waals surface area contributed by atoms with E-state index in [1.165, 1.54) is 23.9 Å². The molecule has 0 N–H and O–H groups in total. The lowest BCUT2D eigenvalue weighted by molar-refractivity contribution is -0.115. The topological polar surface area (TPSA) is 40.6 Å². The van der Waals surface area contributed by atoms with Gasteiger partial charge < -0.3 is 4.90 Å². The second-order valence-electron chi connectivity index (χ2n) is 7.47. The number of benzene rings is 2. The monoisotopic (exact) mass is 398 g/mol. The summed E-state index contributed by atoms with van der Waals surface area (Å²) < 4.78 is 13.3. The molecule has 2 amide bonds. The van der Waals surface area contributed by atoms with Crippen LogP contribution in [0, 0.1) is 12.7 Å². The zero-order valence-corrected chi connectivity index (χ0v) is 16.8. The quantitative estimate of drug-likeness (QED) is 0.762. The first-order valence-corrected chi connectivity index (χ1v) is 10.6. The smallest absolute Gasteiger partial charge is 0.254 e. The maximum absolute atomic E-state index is 13.3. The van der Waals surface area contributed by atoms with Gasteiger partial charge in [0.2, 0.25) is 5.91 Å². The van der Waals surface area contributed by atoms with Gasteiger partial charge in [-0.3, -0.25) is 14.5 Å². The largest absolute Gasteiger partial charge is 0.336 e. The Morgan fingerprint density at radius 1 is 1.18 bits per heavy atom. The van der Waals surface area contributed by atoms with Gasteiger partial charge >= 0.3 is 0 Å². The van der Waals surface area contributed by atoms with Crippen LogP contribution in [-0.2, 0) is 4.79 Å². The summed E-state index contributed by atoms with van der Waals surface area (Å²) >= 11 is 1.53. The number of hydrogen-bond acceptors (Lipinski definition) is 3. The highest BCUT2D eigenvalue weighted by Gasteiger charge is 2.35. The van der Waals surface area contributed by atoms with Crippen molar-refractivity contribution in [3.63, 3.8) is 0 Å². The van der Waals surface area contributed by atoms with Gasteiger partial charge in [-0.1, -0.05) is 12.1 Å². The number of thioether (sulfide) groups is 1. The van der Waals surface area contributed by atoms with Gasteiger partial charge in [-0.2, -0.15) is 0 Å². The number of aryl methyl sites for hydroxylation is 1. The maximum atomic E-state index is 13.3. The minimum absolute atomic E-state index is 0.0228. The maximum Gasteiger partial charge on any atom is 0.254 e. The van der Waals surface area contributed by atoms with E-state index in [0.29, 0.717) is 11.3 Å². The molecule has 0 aliphatic carbocycles. The van der Waals surface area contributed by atoms with Crippen LogP contribution in [0.25, 0.3) is 0 Å². The fraction of sp³-hybridized carbons (Fsp3) is 0.364. The van der Waals surface area contributed by atoms with E-state index in [1.54, 1.807) is 17.0 Å². The van der Waals surface area contributed by atoms with Gasteiger partial charge in [0.15, 0.2) is 0 Å². The van der Waals surface area contributed by atoms with Gasteiger partial charge in [-0.25, -0.2) is 4.39 Å². The summed E-state index contributed by atoms with van der Waals surface area (Å²) in [6, 6.07) is 12.1. The molecular weight excluding hydrogens is 375 g/mol. The van der Waals surface area contributed by atoms with Gasteiger partial charge in [-0.15, -0.1) is 11.8 Å². The van der Waals surface area contributed by atoms with Crippen LogP contribution in [0.5, 0.6) is 0 Å². The number of rotatable bonds is 3. The van der Waals surface area contributed by atoms with Gasteiger partial charge in [0.1, 0.15) is 11.2 Å². The summed E-state index contributed by atoms with van der Waals surface area (Å²) in [5.41, 5.74) is 3.24. The number of nitrogens with zero attached hydrogens (tertiary/aromatic N) is 2. The molecule has 2 unspecified atom stereocenters. The van der Waals surface area contributed by atoms with Crippen molar-refractivity contribution in [1.29, 1.82) is 0 Å². The summed E-state index contributed by atoms with van der Waals surface area (Å²) in [5.74, 6) is 0.166. The van der Waals surface area contributed by atoms with E-state index in [9.17, 15) is 14.0 Å². The zero-order chi connectivity index (χ0) is 19.8. The van der Waals surface area contributed by atoms with Crippen molar-refractivity contribution < 1.29 is 14.0 Å². The average Bonchev–Trinajstić information content (AvgIpc) is 3.27. The van der Waals surface area contributed by atoms with Crippen molar-refractivity contribution in [3.05, 3.63) is 65.0 Å². The number of anilines is 1. The number of carbonyl (C=O) groups is 2. The number of carbonyl (C=O) groups excluding carboxylic acids is 2. The van der Waals surface area contributed by atoms with Crippen LogP contribution in [0.15, 0.2) is 42.5 Å². The van der Waals surface area contributed by atoms with Crippen LogP contribution in [-0.4, -0.2) is 35.1 Å². The summed E-state index contributed by atoms with van der Waals surface area (Å²) in [7, 11) is 0. The highest BCUT2D eigenvalue weighted by atomic mass is 32.2. The standard InChI is InChI=1S/C22H23FN2O2S/c1-14-12-17(21(27)24-11-3-4-15(24)2)7-10-19(14)25-20(26)13-28-22(25)16-5-8-18(23)9-6-16/h5-10,12,15,22H,3-4,11,13H2,1-2H3. The highest BCUT2D eigenvalue weighted by molar-refractivity contribution is 8.00. The minimum Gasteiger partial charge on any atom is -0.336 e. The SMILES string of the molecule is Cc1cc(C(=O)N2CCCC2C)ccc1N1C(=O)CSC1c1ccc(F)cc1. The number of likely N-dealkylation sites (tertiary alicyclic amines) is 1. The molecule has 2 saturated heterocycles. The average molecular weight is 399 g/mol. The Bertz CT molecular complexity index is 915. The van der Waals surface area contributed by atoms with E-state index in [0.717, 1.165) is 36.2 Å². The summed E-state index contributed by atoms with van der Waals surface area (Å²) in [4.78, 5) is 29.1. The Morgan fingerprint density at radius 3 is 2.57 bits per heavy atom. The molecule has 6 heteroatoms. The van der Waals surface area contributed by atoms with Crippen LogP contribution in [0.4, 0.5) is 10.1 Å². The molecule has 2 aromatic rings. The first-order valence-electron chi connectivity index (χ1n) is 9.56. The third kappa shape index (κ3) is 3.41. The van der Waals surface area contributed by atoms with Crippen molar-refractivity contribution in [2.45, 2.75) is 38.1 Å². The van der Waals surface area contributed by atoms with Gasteiger partial charge in [-0.05, 0) is 68.1 Å². The zero-order valence-electron chi connectivity index (χ0n) is 16.0. The predicted molar refractivity (Wildman–Crippen MR) is 110 cm³/mol. The third-order valence-electron chi connectivity index (χ3n) is 5.54. The lowest BCUT2D eigenvalue weighted by Crippen LogP contribution is -2.34. The fourth-order valence-corrected chi connectivity index (χ4v) is 5.19. The molecule has 28 heavy (non-hydrogen) atoms. The fourth-order valence-electron chi connectivity index (χ4n) is 4.02. The van der Waals surface area contributed by atoms with Crippen LogP contribution in [0.3, 0.4) is 0 Å². The van der Waals surface area contributed by atoms with Crippen LogP contribution in [0.2, 0.25) is 0 Å². The third-order valence-corrected chi connectivity index (χ3v) is 6.75. The normalized spacial score (nSPS) is 22.2. The van der Waals surface area contributed by atoms with Crippen molar-refractivity contribution in [2.24, 2.45) is 0 Å². The molecule has 0 bridgehead atoms. The Morgan fingerprint density at radius 2 is 1.93 bits per heavy atom. The first kappa shape index (κ1) is 19.0. The molecule has 2 atom stereocenters. The Kier molecular flexibility index (Phi) is 5.15. The van der Waals surface area contributed by atoms with E-state index in [1.807, 2.05) is 30.0 Å². The molecule has 2 aliphatic rings. The van der Waals surface area contributed by atoms with Crippen LogP contribution in [0.1, 0.15) is 46.6 Å². The Hall–Kier alpha value is -2.34. The second-order valence-corrected chi connectivity index (χ2v) is 8.54. The number of halogens is 1. The molecule has 2 fully saturated rings. The Balaban J connectivity index is 1.63. The highest BCUT2D eigenvalue weighted by Crippen LogP contribution is 2.43. The lowest BCUT2D eigenvalue weighted by atomic mass is 10.1. The number of amides is 2. The van der Waals surface area contributed by atoms with Crippen molar-refractivity contribution >= 4 is 29.3 Å². The second kappa shape index (κ2) is 7.59. The van der Waals surface area contributed by atoms with Crippen LogP contribution < -0.4 is 4.90 Å². The molecule has 4 rings (SSSR count). The van der Waals surface area contributed by atoms with E-state index < -0.39 is 0 Å². The van der Waals surface area contributed by atoms with Crippen LogP contribution >= 0.6 is 11.8 Å². The van der Waals surface area contributed by atoms with Crippen molar-refractivity contribution in [2.75, 3.05) is 17.2 Å². The Labute approximate surface area is 168 Å². The molecular formula is C22H23FN2O2S. The van der Waals surface area contributed by atoms with E-state index in [4.69, 9.17) is 0 Å². The van der Waals surface area contributed by atoms with Gasteiger partial charge in [0, 0.05) is 23.8 Å². The lowest BCUT2D eigenvalue weighted by Gasteiger charge is -2.27. The first-order chi connectivity index (χ1) is 13.5. The molecule has 0 spiro atoms. The molecule has 0 aromatic heterocycles. The van der Waals surface area contributed by atoms with E-state index in [-0.39, 0.29) is 29.0 Å². The van der Waals surface area contributed by atoms with E-state index in [2.05, 4.69) is 6.92 Å². The molecule has 2 aromatic carbocycles. The summed E-state index contributed by atoms with van der Waals surface area (Å²) in [6.07, 6.45) is 2.09. The molecule has 4 nitrogen and oxygen atoms in total. The minimum atomic E-state index is -0.292. The van der Waals surface area contributed by atoms with Gasteiger partial charge in [0.25, 0.3) is 5.91 Å². The van der Waals surface area contributed by atoms with E-state index >= 15 is 0 Å². The summed E-state index contributed by atoms with van der Waals surface area (Å²) in [6.45, 7) is 4.81. The van der Waals surface area contributed by atoms with Gasteiger partial charge in [0.05, 0.1) is 5.75 Å². The van der Waals surface area contributed by atoms with Crippen molar-refractivity contribution in [1.82, 2.24) is 4.90 Å². The molecule has 146 valence electrons. The molecule has 2 aliphatic heterocycles. The molecule has 0 saturated carbocycles. The predicted octanol–water partition coefficient (Wildman–Crippen LogP) is 4.54. The molecule has 2 heterocycles. The number of hydrogen-bond donors (Lipinski definition) is 0.